The van der Waals surface area contributed by atoms with Crippen molar-refractivity contribution in [3.8, 4) is 5.75 Å². The van der Waals surface area contributed by atoms with Gasteiger partial charge < -0.3 is 23.9 Å². The predicted molar refractivity (Wildman–Crippen MR) is 108 cm³/mol. The highest BCUT2D eigenvalue weighted by Gasteiger charge is 2.23. The molecule has 3 heterocycles. The van der Waals surface area contributed by atoms with Crippen molar-refractivity contribution < 1.29 is 33.1 Å². The number of hydrogen-bond donors (Lipinski definition) is 1. The molecule has 11 heteroatoms. The van der Waals surface area contributed by atoms with Crippen LogP contribution in [0.4, 0.5) is 10.7 Å². The molecule has 10 nitrogen and oxygen atoms in total. The van der Waals surface area contributed by atoms with Crippen molar-refractivity contribution >= 4 is 33.9 Å². The fourth-order valence-electron chi connectivity index (χ4n) is 3.03. The third kappa shape index (κ3) is 4.42. The number of nitrogens with one attached hydrogen (secondary N) is 1. The molecule has 0 fully saturated rings. The van der Waals surface area contributed by atoms with Gasteiger partial charge in [-0.05, 0) is 30.7 Å². The largest absolute Gasteiger partial charge is 0.467 e. The number of nitro benzene ring substituents is 1. The van der Waals surface area contributed by atoms with E-state index in [2.05, 4.69) is 5.32 Å². The molecule has 0 saturated carbocycles. The molecule has 0 atom stereocenters. The summed E-state index contributed by atoms with van der Waals surface area (Å²) in [6, 6.07) is 7.46. The van der Waals surface area contributed by atoms with Crippen molar-refractivity contribution in [2.75, 3.05) is 12.1 Å². The monoisotopic (exact) mass is 444 g/mol. The number of rotatable bonds is 6. The van der Waals surface area contributed by atoms with Crippen LogP contribution in [0, 0.1) is 17.0 Å². The second kappa shape index (κ2) is 8.58. The number of anilines is 1. The SMILES string of the molecule is Cc1cc(NC(=O)c2ccco2)sc1C(=O)OCc1cc([N+](=O)[O-])cc2c1OCOC2. The number of benzene rings is 1. The van der Waals surface area contributed by atoms with Crippen LogP contribution in [0.25, 0.3) is 0 Å². The maximum atomic E-state index is 12.6. The van der Waals surface area contributed by atoms with Gasteiger partial charge in [-0.15, -0.1) is 11.3 Å². The summed E-state index contributed by atoms with van der Waals surface area (Å²) >= 11 is 1.06. The zero-order valence-electron chi connectivity index (χ0n) is 16.2. The van der Waals surface area contributed by atoms with Crippen LogP contribution in [0.5, 0.6) is 5.75 Å². The van der Waals surface area contributed by atoms with E-state index in [9.17, 15) is 19.7 Å². The molecule has 1 N–H and O–H groups in total. The number of carbonyl (C=O) groups is 2. The van der Waals surface area contributed by atoms with Gasteiger partial charge in [0, 0.05) is 23.3 Å². The van der Waals surface area contributed by atoms with Gasteiger partial charge in [0.25, 0.3) is 11.6 Å². The summed E-state index contributed by atoms with van der Waals surface area (Å²) in [4.78, 5) is 35.7. The van der Waals surface area contributed by atoms with Crippen LogP contribution < -0.4 is 10.1 Å². The van der Waals surface area contributed by atoms with E-state index < -0.39 is 16.8 Å². The molecule has 0 saturated heterocycles. The Balaban J connectivity index is 1.48. The van der Waals surface area contributed by atoms with Gasteiger partial charge in [-0.25, -0.2) is 4.79 Å². The van der Waals surface area contributed by atoms with Gasteiger partial charge in [-0.3, -0.25) is 14.9 Å². The minimum Gasteiger partial charge on any atom is -0.467 e. The summed E-state index contributed by atoms with van der Waals surface area (Å²) in [6.07, 6.45) is 1.39. The molecule has 0 aliphatic carbocycles. The third-order valence-electron chi connectivity index (χ3n) is 4.43. The fraction of sp³-hybridized carbons (Fsp3) is 0.200. The predicted octanol–water partition coefficient (Wildman–Crippen LogP) is 4.03. The number of nitrogens with zero attached hydrogens (tertiary/aromatic N) is 1. The topological polar surface area (TPSA) is 130 Å². The van der Waals surface area contributed by atoms with Crippen molar-refractivity contribution in [3.63, 3.8) is 0 Å². The minimum atomic E-state index is -0.617. The van der Waals surface area contributed by atoms with Crippen LogP contribution in [0.2, 0.25) is 0 Å². The van der Waals surface area contributed by atoms with Crippen molar-refractivity contribution in [2.24, 2.45) is 0 Å². The molecule has 0 bridgehead atoms. The molecule has 2 aromatic heterocycles. The highest BCUT2D eigenvalue weighted by atomic mass is 32.1. The van der Waals surface area contributed by atoms with Gasteiger partial charge in [-0.1, -0.05) is 0 Å². The summed E-state index contributed by atoms with van der Waals surface area (Å²) in [5, 5.41) is 14.3. The molecular weight excluding hydrogens is 428 g/mol. The molecule has 1 amide bonds. The van der Waals surface area contributed by atoms with Crippen LogP contribution >= 0.6 is 11.3 Å². The molecule has 1 aromatic carbocycles. The number of carbonyl (C=O) groups excluding carboxylic acids is 2. The average Bonchev–Trinajstić information content (AvgIpc) is 3.41. The van der Waals surface area contributed by atoms with E-state index in [1.807, 2.05) is 0 Å². The van der Waals surface area contributed by atoms with E-state index in [0.717, 1.165) is 11.3 Å². The van der Waals surface area contributed by atoms with Gasteiger partial charge in [0.2, 0.25) is 0 Å². The molecule has 31 heavy (non-hydrogen) atoms. The number of fused-ring (bicyclic) bond motifs is 1. The van der Waals surface area contributed by atoms with Crippen LogP contribution in [-0.2, 0) is 22.7 Å². The first-order valence-electron chi connectivity index (χ1n) is 9.05. The second-order valence-corrected chi connectivity index (χ2v) is 7.64. The van der Waals surface area contributed by atoms with E-state index in [-0.39, 0.29) is 31.5 Å². The Kier molecular flexibility index (Phi) is 5.69. The molecular formula is C20H16N2O8S. The summed E-state index contributed by atoms with van der Waals surface area (Å²) in [6.45, 7) is 1.68. The molecule has 0 spiro atoms. The van der Waals surface area contributed by atoms with Gasteiger partial charge >= 0.3 is 5.97 Å². The number of furan rings is 1. The molecule has 0 radical (unpaired) electrons. The Labute approximate surface area is 179 Å². The van der Waals surface area contributed by atoms with Gasteiger partial charge in [-0.2, -0.15) is 0 Å². The number of aryl methyl sites for hydroxylation is 1. The van der Waals surface area contributed by atoms with Crippen molar-refractivity contribution in [2.45, 2.75) is 20.1 Å². The molecule has 1 aliphatic rings. The maximum Gasteiger partial charge on any atom is 0.348 e. The summed E-state index contributed by atoms with van der Waals surface area (Å²) < 4.78 is 21.0. The number of amides is 1. The quantitative estimate of drug-likeness (QED) is 0.343. The Morgan fingerprint density at radius 1 is 1.32 bits per heavy atom. The standard InChI is InChI=1S/C20H16N2O8S/c1-11-5-16(21-19(23)15-3-2-4-28-15)31-18(11)20(24)29-9-13-7-14(22(25)26)6-12-8-27-10-30-17(12)13/h2-7H,8-10H2,1H3,(H,21,23). The van der Waals surface area contributed by atoms with Crippen molar-refractivity contribution in [3.05, 3.63) is 74.0 Å². The highest BCUT2D eigenvalue weighted by Crippen LogP contribution is 2.34. The Morgan fingerprint density at radius 2 is 2.16 bits per heavy atom. The maximum absolute atomic E-state index is 12.6. The summed E-state index contributed by atoms with van der Waals surface area (Å²) in [7, 11) is 0. The first-order valence-corrected chi connectivity index (χ1v) is 9.87. The number of hydrogen-bond acceptors (Lipinski definition) is 9. The highest BCUT2D eigenvalue weighted by molar-refractivity contribution is 7.18. The molecule has 160 valence electrons. The first kappa shape index (κ1) is 20.6. The Morgan fingerprint density at radius 3 is 2.90 bits per heavy atom. The van der Waals surface area contributed by atoms with Crippen LogP contribution in [0.15, 0.2) is 41.0 Å². The molecule has 1 aliphatic heterocycles. The van der Waals surface area contributed by atoms with E-state index >= 15 is 0 Å². The third-order valence-corrected chi connectivity index (χ3v) is 5.56. The first-order chi connectivity index (χ1) is 14.9. The lowest BCUT2D eigenvalue weighted by atomic mass is 10.1. The minimum absolute atomic E-state index is 0.00845. The summed E-state index contributed by atoms with van der Waals surface area (Å²) in [5.74, 6) is -0.490. The lowest BCUT2D eigenvalue weighted by Gasteiger charge is -2.20. The van der Waals surface area contributed by atoms with E-state index in [0.29, 0.717) is 32.3 Å². The lowest BCUT2D eigenvalue weighted by Crippen LogP contribution is -2.15. The zero-order valence-corrected chi connectivity index (χ0v) is 17.0. The summed E-state index contributed by atoms with van der Waals surface area (Å²) in [5.41, 5.74) is 1.37. The number of esters is 1. The second-order valence-electron chi connectivity index (χ2n) is 6.59. The number of non-ortho nitro benzene ring substituents is 1. The van der Waals surface area contributed by atoms with Crippen LogP contribution in [0.3, 0.4) is 0 Å². The van der Waals surface area contributed by atoms with E-state index in [1.165, 1.54) is 24.5 Å². The number of ether oxygens (including phenoxy) is 3. The molecule has 4 rings (SSSR count). The normalized spacial score (nSPS) is 12.5. The van der Waals surface area contributed by atoms with Gasteiger partial charge in [0.15, 0.2) is 12.6 Å². The zero-order chi connectivity index (χ0) is 22.0. The number of thiophene rings is 1. The van der Waals surface area contributed by atoms with Crippen LogP contribution in [0.1, 0.15) is 36.9 Å². The lowest BCUT2D eigenvalue weighted by molar-refractivity contribution is -0.385. The van der Waals surface area contributed by atoms with Gasteiger partial charge in [0.1, 0.15) is 17.2 Å². The molecule has 0 unspecified atom stereocenters. The average molecular weight is 444 g/mol. The Hall–Kier alpha value is -3.70. The number of nitro groups is 1. The van der Waals surface area contributed by atoms with Crippen LogP contribution in [-0.4, -0.2) is 23.6 Å². The van der Waals surface area contributed by atoms with Crippen molar-refractivity contribution in [1.82, 2.24) is 0 Å². The fourth-order valence-corrected chi connectivity index (χ4v) is 3.99. The smallest absolute Gasteiger partial charge is 0.348 e. The Bertz CT molecular complexity index is 1150. The van der Waals surface area contributed by atoms with E-state index in [4.69, 9.17) is 18.6 Å². The molecule has 3 aromatic rings. The van der Waals surface area contributed by atoms with Gasteiger partial charge in [0.05, 0.1) is 22.8 Å². The van der Waals surface area contributed by atoms with E-state index in [1.54, 1.807) is 19.1 Å². The van der Waals surface area contributed by atoms with Crippen molar-refractivity contribution in [1.29, 1.82) is 0 Å².